The Balaban J connectivity index is 3.83. The molecule has 0 aliphatic heterocycles. The number of aliphatic hydroxyl groups is 2. The molecule has 0 atom stereocenters. The molecule has 98 valence electrons. The van der Waals surface area contributed by atoms with Crippen molar-refractivity contribution < 1.29 is 10.2 Å². The minimum absolute atomic E-state index is 0.139. The van der Waals surface area contributed by atoms with Gasteiger partial charge < -0.3 is 10.2 Å². The Morgan fingerprint density at radius 2 is 1.24 bits per heavy atom. The van der Waals surface area contributed by atoms with Crippen molar-refractivity contribution in [1.29, 1.82) is 0 Å². The summed E-state index contributed by atoms with van der Waals surface area (Å²) >= 11 is 0. The van der Waals surface area contributed by atoms with Gasteiger partial charge in [0, 0.05) is 0 Å². The van der Waals surface area contributed by atoms with Gasteiger partial charge in [-0.05, 0) is 46.5 Å². The summed E-state index contributed by atoms with van der Waals surface area (Å²) in [6.45, 7) is 6.44. The lowest BCUT2D eigenvalue weighted by Crippen LogP contribution is -1.85. The largest absolute Gasteiger partial charge is 0.392 e. The Hall–Kier alpha value is -0.860. The molecule has 0 amide bonds. The first-order valence-electron chi connectivity index (χ1n) is 6.28. The minimum Gasteiger partial charge on any atom is -0.392 e. The summed E-state index contributed by atoms with van der Waals surface area (Å²) in [5, 5.41) is 17.6. The highest BCUT2D eigenvalue weighted by molar-refractivity contribution is 5.05. The van der Waals surface area contributed by atoms with E-state index >= 15 is 0 Å². The predicted octanol–water partition coefficient (Wildman–Crippen LogP) is 3.37. The van der Waals surface area contributed by atoms with Crippen LogP contribution >= 0.6 is 0 Å². The fourth-order valence-corrected chi connectivity index (χ4v) is 1.52. The molecule has 0 aromatic rings. The zero-order valence-corrected chi connectivity index (χ0v) is 11.4. The summed E-state index contributed by atoms with van der Waals surface area (Å²) in [4.78, 5) is 0. The maximum Gasteiger partial charge on any atom is 0.0639 e. The molecule has 0 saturated heterocycles. The molecule has 0 spiro atoms. The van der Waals surface area contributed by atoms with E-state index in [2.05, 4.69) is 19.1 Å². The van der Waals surface area contributed by atoms with Crippen molar-refractivity contribution in [2.24, 2.45) is 0 Å². The van der Waals surface area contributed by atoms with Gasteiger partial charge in [-0.1, -0.05) is 34.9 Å². The summed E-state index contributed by atoms with van der Waals surface area (Å²) in [7, 11) is 0. The summed E-state index contributed by atoms with van der Waals surface area (Å²) in [6, 6.07) is 0. The molecule has 0 aromatic heterocycles. The average Bonchev–Trinajstić information content (AvgIpc) is 2.29. The van der Waals surface area contributed by atoms with E-state index in [1.54, 1.807) is 0 Å². The van der Waals surface area contributed by atoms with Gasteiger partial charge in [-0.3, -0.25) is 0 Å². The zero-order valence-electron chi connectivity index (χ0n) is 11.4. The highest BCUT2D eigenvalue weighted by Gasteiger charge is 1.92. The lowest BCUT2D eigenvalue weighted by atomic mass is 10.1. The molecule has 0 bridgehead atoms. The molecular formula is C15H26O2. The molecule has 2 heteroatoms. The van der Waals surface area contributed by atoms with Gasteiger partial charge in [0.25, 0.3) is 0 Å². The van der Waals surface area contributed by atoms with Crippen LogP contribution in [0, 0.1) is 0 Å². The van der Waals surface area contributed by atoms with Crippen LogP contribution < -0.4 is 0 Å². The van der Waals surface area contributed by atoms with Crippen LogP contribution in [0.4, 0.5) is 0 Å². The van der Waals surface area contributed by atoms with Gasteiger partial charge in [-0.25, -0.2) is 0 Å². The maximum atomic E-state index is 8.84. The fourth-order valence-electron chi connectivity index (χ4n) is 1.52. The molecule has 0 aromatic carbocycles. The molecular weight excluding hydrogens is 212 g/mol. The molecule has 0 unspecified atom stereocenters. The summed E-state index contributed by atoms with van der Waals surface area (Å²) in [5.41, 5.74) is 3.68. The van der Waals surface area contributed by atoms with Gasteiger partial charge in [0.2, 0.25) is 0 Å². The van der Waals surface area contributed by atoms with Crippen LogP contribution in [0.15, 0.2) is 34.9 Å². The van der Waals surface area contributed by atoms with Crippen molar-refractivity contribution >= 4 is 0 Å². The van der Waals surface area contributed by atoms with Gasteiger partial charge in [0.05, 0.1) is 13.2 Å². The molecule has 0 fully saturated rings. The van der Waals surface area contributed by atoms with Crippen molar-refractivity contribution in [2.75, 3.05) is 13.2 Å². The van der Waals surface area contributed by atoms with Crippen LogP contribution in [0.2, 0.25) is 0 Å². The van der Waals surface area contributed by atoms with E-state index in [1.165, 1.54) is 11.1 Å². The lowest BCUT2D eigenvalue weighted by Gasteiger charge is -2.01. The highest BCUT2D eigenvalue weighted by atomic mass is 16.3. The Bertz CT molecular complexity index is 285. The SMILES string of the molecule is C/C(=C\CC/C(C)=C/CC/C(C)=C/CO)CO. The van der Waals surface area contributed by atoms with Crippen LogP contribution in [0.5, 0.6) is 0 Å². The molecule has 0 radical (unpaired) electrons. The fraction of sp³-hybridized carbons (Fsp3) is 0.600. The van der Waals surface area contributed by atoms with Crippen LogP contribution in [-0.4, -0.2) is 23.4 Å². The molecule has 0 aliphatic rings. The van der Waals surface area contributed by atoms with E-state index in [0.29, 0.717) is 0 Å². The van der Waals surface area contributed by atoms with Gasteiger partial charge in [-0.15, -0.1) is 0 Å². The number of hydrogen-bond donors (Lipinski definition) is 2. The lowest BCUT2D eigenvalue weighted by molar-refractivity contribution is 0.331. The first-order valence-corrected chi connectivity index (χ1v) is 6.28. The second-order valence-corrected chi connectivity index (χ2v) is 4.57. The van der Waals surface area contributed by atoms with E-state index in [4.69, 9.17) is 10.2 Å². The Morgan fingerprint density at radius 3 is 1.71 bits per heavy atom. The van der Waals surface area contributed by atoms with Gasteiger partial charge >= 0.3 is 0 Å². The van der Waals surface area contributed by atoms with Gasteiger partial charge in [0.15, 0.2) is 0 Å². The van der Waals surface area contributed by atoms with Crippen molar-refractivity contribution in [3.05, 3.63) is 34.9 Å². The predicted molar refractivity (Wildman–Crippen MR) is 73.9 cm³/mol. The second-order valence-electron chi connectivity index (χ2n) is 4.57. The third kappa shape index (κ3) is 10.0. The number of allylic oxidation sites excluding steroid dienone is 4. The molecule has 0 heterocycles. The van der Waals surface area contributed by atoms with Crippen LogP contribution in [0.3, 0.4) is 0 Å². The van der Waals surface area contributed by atoms with Crippen molar-refractivity contribution in [3.63, 3.8) is 0 Å². The number of rotatable bonds is 8. The van der Waals surface area contributed by atoms with Crippen molar-refractivity contribution in [2.45, 2.75) is 46.5 Å². The Kier molecular flexibility index (Phi) is 9.78. The second kappa shape index (κ2) is 10.3. The molecule has 2 nitrogen and oxygen atoms in total. The van der Waals surface area contributed by atoms with Gasteiger partial charge in [-0.2, -0.15) is 0 Å². The standard InChI is InChI=1S/C15H26O2/c1-13(7-5-9-15(3)12-17)6-4-8-14(2)10-11-16/h6,9-10,16-17H,4-5,7-8,11-12H2,1-3H3/b13-6+,14-10+,15-9+. The number of aliphatic hydroxyl groups excluding tert-OH is 2. The van der Waals surface area contributed by atoms with Crippen LogP contribution in [0.25, 0.3) is 0 Å². The van der Waals surface area contributed by atoms with E-state index in [1.807, 2.05) is 19.9 Å². The quantitative estimate of drug-likeness (QED) is 0.636. The summed E-state index contributed by atoms with van der Waals surface area (Å²) in [5.74, 6) is 0. The third-order valence-corrected chi connectivity index (χ3v) is 2.75. The monoisotopic (exact) mass is 238 g/mol. The molecule has 0 aliphatic carbocycles. The summed E-state index contributed by atoms with van der Waals surface area (Å²) < 4.78 is 0. The minimum atomic E-state index is 0.139. The summed E-state index contributed by atoms with van der Waals surface area (Å²) in [6.07, 6.45) is 10.3. The van der Waals surface area contributed by atoms with Crippen molar-refractivity contribution in [3.8, 4) is 0 Å². The Labute approximate surface area is 105 Å². The zero-order chi connectivity index (χ0) is 13.1. The van der Waals surface area contributed by atoms with E-state index in [9.17, 15) is 0 Å². The number of hydrogen-bond acceptors (Lipinski definition) is 2. The normalized spacial score (nSPS) is 14.3. The van der Waals surface area contributed by atoms with Gasteiger partial charge in [0.1, 0.15) is 0 Å². The van der Waals surface area contributed by atoms with Crippen molar-refractivity contribution in [1.82, 2.24) is 0 Å². The maximum absolute atomic E-state index is 8.84. The average molecular weight is 238 g/mol. The van der Waals surface area contributed by atoms with E-state index in [-0.39, 0.29) is 13.2 Å². The first kappa shape index (κ1) is 16.1. The van der Waals surface area contributed by atoms with E-state index in [0.717, 1.165) is 31.3 Å². The smallest absolute Gasteiger partial charge is 0.0639 e. The molecule has 0 rings (SSSR count). The first-order chi connectivity index (χ1) is 8.10. The Morgan fingerprint density at radius 1 is 0.765 bits per heavy atom. The third-order valence-electron chi connectivity index (χ3n) is 2.75. The molecule has 0 saturated carbocycles. The van der Waals surface area contributed by atoms with Crippen LogP contribution in [0.1, 0.15) is 46.5 Å². The highest BCUT2D eigenvalue weighted by Crippen LogP contribution is 2.11. The topological polar surface area (TPSA) is 40.5 Å². The van der Waals surface area contributed by atoms with Crippen LogP contribution in [-0.2, 0) is 0 Å². The van der Waals surface area contributed by atoms with E-state index < -0.39 is 0 Å². The molecule has 17 heavy (non-hydrogen) atoms. The molecule has 2 N–H and O–H groups in total.